The van der Waals surface area contributed by atoms with Gasteiger partial charge in [0.25, 0.3) is 0 Å². The summed E-state index contributed by atoms with van der Waals surface area (Å²) < 4.78 is 10.8. The highest BCUT2D eigenvalue weighted by molar-refractivity contribution is 5.67. The Kier molecular flexibility index (Phi) is 5.81. The third kappa shape index (κ3) is 4.00. The molecule has 140 valence electrons. The van der Waals surface area contributed by atoms with E-state index in [-0.39, 0.29) is 0 Å². The molecule has 1 N–H and O–H groups in total. The lowest BCUT2D eigenvalue weighted by atomic mass is 10.0. The molecule has 0 radical (unpaired) electrons. The van der Waals surface area contributed by atoms with E-state index in [0.717, 1.165) is 47.6 Å². The summed E-state index contributed by atoms with van der Waals surface area (Å²) in [6.07, 6.45) is 4.80. The Morgan fingerprint density at radius 1 is 1.15 bits per heavy atom. The first-order valence-electron chi connectivity index (χ1n) is 9.26. The Morgan fingerprint density at radius 2 is 2.00 bits per heavy atom. The van der Waals surface area contributed by atoms with Crippen molar-refractivity contribution in [3.8, 4) is 11.5 Å². The van der Waals surface area contributed by atoms with E-state index >= 15 is 0 Å². The second kappa shape index (κ2) is 8.25. The predicted octanol–water partition coefficient (Wildman–Crippen LogP) is 4.31. The molecule has 6 nitrogen and oxygen atoms in total. The molecule has 1 aliphatic heterocycles. The van der Waals surface area contributed by atoms with E-state index in [9.17, 15) is 0 Å². The van der Waals surface area contributed by atoms with Crippen molar-refractivity contribution in [1.82, 2.24) is 9.97 Å². The van der Waals surface area contributed by atoms with Gasteiger partial charge in [0.05, 0.1) is 19.9 Å². The molecule has 2 aromatic rings. The second-order valence-corrected chi connectivity index (χ2v) is 6.64. The third-order valence-corrected chi connectivity index (χ3v) is 4.87. The molecule has 1 saturated heterocycles. The summed E-state index contributed by atoms with van der Waals surface area (Å²) in [6, 6.07) is 8.14. The largest absolute Gasteiger partial charge is 0.497 e. The van der Waals surface area contributed by atoms with Gasteiger partial charge in [-0.2, -0.15) is 4.98 Å². The standard InChI is InChI=1S/C20H28N4O2/c1-5-15-8-6-7-11-24(15)20-21-14(2)12-19(23-20)22-17-13-16(25-3)9-10-18(17)26-4/h9-10,12-13,15H,5-8,11H2,1-4H3,(H,21,22,23). The fraction of sp³-hybridized carbons (Fsp3) is 0.500. The molecule has 0 aliphatic carbocycles. The number of rotatable bonds is 6. The van der Waals surface area contributed by atoms with Crippen molar-refractivity contribution in [3.05, 3.63) is 30.0 Å². The van der Waals surface area contributed by atoms with Crippen molar-refractivity contribution in [2.24, 2.45) is 0 Å². The fourth-order valence-electron chi connectivity index (χ4n) is 3.48. The summed E-state index contributed by atoms with van der Waals surface area (Å²) in [6.45, 7) is 5.26. The number of ether oxygens (including phenoxy) is 2. The van der Waals surface area contributed by atoms with Gasteiger partial charge in [-0.1, -0.05) is 6.92 Å². The van der Waals surface area contributed by atoms with E-state index in [2.05, 4.69) is 17.1 Å². The molecule has 1 aromatic carbocycles. The molecule has 1 aliphatic rings. The topological polar surface area (TPSA) is 59.5 Å². The Bertz CT molecular complexity index is 751. The Morgan fingerprint density at radius 3 is 2.73 bits per heavy atom. The number of piperidine rings is 1. The van der Waals surface area contributed by atoms with E-state index in [1.165, 1.54) is 19.3 Å². The van der Waals surface area contributed by atoms with Crippen LogP contribution in [0.25, 0.3) is 0 Å². The van der Waals surface area contributed by atoms with Gasteiger partial charge in [0.15, 0.2) is 0 Å². The molecule has 1 fully saturated rings. The molecular formula is C20H28N4O2. The SMILES string of the molecule is CCC1CCCCN1c1nc(C)cc(Nc2cc(OC)ccc2OC)n1. The number of aromatic nitrogens is 2. The molecular weight excluding hydrogens is 328 g/mol. The maximum atomic E-state index is 5.46. The summed E-state index contributed by atoms with van der Waals surface area (Å²) in [4.78, 5) is 11.8. The van der Waals surface area contributed by atoms with Gasteiger partial charge in [-0.25, -0.2) is 4.98 Å². The molecule has 1 atom stereocenters. The Hall–Kier alpha value is -2.50. The lowest BCUT2D eigenvalue weighted by Gasteiger charge is -2.35. The van der Waals surface area contributed by atoms with Crippen LogP contribution in [-0.2, 0) is 0 Å². The first-order chi connectivity index (χ1) is 12.6. The zero-order valence-electron chi connectivity index (χ0n) is 16.1. The average molecular weight is 356 g/mol. The van der Waals surface area contributed by atoms with Crippen molar-refractivity contribution >= 4 is 17.5 Å². The molecule has 0 amide bonds. The van der Waals surface area contributed by atoms with Crippen LogP contribution in [0.2, 0.25) is 0 Å². The number of aryl methyl sites for hydroxylation is 1. The average Bonchev–Trinajstić information content (AvgIpc) is 2.67. The van der Waals surface area contributed by atoms with Crippen molar-refractivity contribution in [2.45, 2.75) is 45.6 Å². The van der Waals surface area contributed by atoms with Gasteiger partial charge in [0.2, 0.25) is 5.95 Å². The van der Waals surface area contributed by atoms with Crippen molar-refractivity contribution in [1.29, 1.82) is 0 Å². The number of nitrogens with zero attached hydrogens (tertiary/aromatic N) is 3. The zero-order valence-corrected chi connectivity index (χ0v) is 16.1. The molecule has 1 unspecified atom stereocenters. The van der Waals surface area contributed by atoms with E-state index in [1.807, 2.05) is 31.2 Å². The highest BCUT2D eigenvalue weighted by atomic mass is 16.5. The Labute approximate surface area is 155 Å². The molecule has 0 spiro atoms. The van der Waals surface area contributed by atoms with E-state index in [4.69, 9.17) is 19.4 Å². The highest BCUT2D eigenvalue weighted by Gasteiger charge is 2.23. The minimum atomic E-state index is 0.518. The summed E-state index contributed by atoms with van der Waals surface area (Å²) in [5.74, 6) is 3.08. The highest BCUT2D eigenvalue weighted by Crippen LogP contribution is 2.32. The minimum absolute atomic E-state index is 0.518. The fourth-order valence-corrected chi connectivity index (χ4v) is 3.48. The summed E-state index contributed by atoms with van der Waals surface area (Å²) in [5.41, 5.74) is 1.77. The van der Waals surface area contributed by atoms with Crippen LogP contribution in [0.3, 0.4) is 0 Å². The van der Waals surface area contributed by atoms with Gasteiger partial charge in [0.1, 0.15) is 17.3 Å². The lowest BCUT2D eigenvalue weighted by molar-refractivity contribution is 0.405. The number of nitrogens with one attached hydrogen (secondary N) is 1. The lowest BCUT2D eigenvalue weighted by Crippen LogP contribution is -2.40. The van der Waals surface area contributed by atoms with Gasteiger partial charge < -0.3 is 19.7 Å². The summed E-state index contributed by atoms with van der Waals surface area (Å²) in [7, 11) is 3.31. The van der Waals surface area contributed by atoms with Crippen LogP contribution in [0, 0.1) is 6.92 Å². The van der Waals surface area contributed by atoms with E-state index in [0.29, 0.717) is 6.04 Å². The molecule has 6 heteroatoms. The minimum Gasteiger partial charge on any atom is -0.497 e. The zero-order chi connectivity index (χ0) is 18.5. The van der Waals surface area contributed by atoms with Crippen LogP contribution in [0.1, 0.15) is 38.3 Å². The molecule has 0 bridgehead atoms. The third-order valence-electron chi connectivity index (χ3n) is 4.87. The van der Waals surface area contributed by atoms with E-state index < -0.39 is 0 Å². The van der Waals surface area contributed by atoms with Crippen LogP contribution < -0.4 is 19.7 Å². The maximum Gasteiger partial charge on any atom is 0.227 e. The van der Waals surface area contributed by atoms with Crippen molar-refractivity contribution in [3.63, 3.8) is 0 Å². The first kappa shape index (κ1) is 18.3. The normalized spacial score (nSPS) is 17.1. The van der Waals surface area contributed by atoms with Gasteiger partial charge in [-0.3, -0.25) is 0 Å². The van der Waals surface area contributed by atoms with Gasteiger partial charge >= 0.3 is 0 Å². The number of hydrogen-bond acceptors (Lipinski definition) is 6. The molecule has 0 saturated carbocycles. The molecule has 1 aromatic heterocycles. The van der Waals surface area contributed by atoms with Gasteiger partial charge in [-0.15, -0.1) is 0 Å². The summed E-state index contributed by atoms with van der Waals surface area (Å²) >= 11 is 0. The van der Waals surface area contributed by atoms with Crippen molar-refractivity contribution < 1.29 is 9.47 Å². The van der Waals surface area contributed by atoms with Gasteiger partial charge in [0, 0.05) is 30.4 Å². The number of benzene rings is 1. The van der Waals surface area contributed by atoms with Crippen LogP contribution in [0.5, 0.6) is 11.5 Å². The molecule has 2 heterocycles. The maximum absolute atomic E-state index is 5.46. The quantitative estimate of drug-likeness (QED) is 0.832. The van der Waals surface area contributed by atoms with Gasteiger partial charge in [-0.05, 0) is 44.7 Å². The van der Waals surface area contributed by atoms with E-state index in [1.54, 1.807) is 14.2 Å². The predicted molar refractivity (Wildman–Crippen MR) is 105 cm³/mol. The summed E-state index contributed by atoms with van der Waals surface area (Å²) in [5, 5.41) is 3.37. The first-order valence-corrected chi connectivity index (χ1v) is 9.26. The Balaban J connectivity index is 1.91. The number of hydrogen-bond donors (Lipinski definition) is 1. The smallest absolute Gasteiger partial charge is 0.227 e. The molecule has 26 heavy (non-hydrogen) atoms. The number of methoxy groups -OCH3 is 2. The molecule has 3 rings (SSSR count). The van der Waals surface area contributed by atoms with Crippen LogP contribution >= 0.6 is 0 Å². The van der Waals surface area contributed by atoms with Crippen LogP contribution in [0.4, 0.5) is 17.5 Å². The second-order valence-electron chi connectivity index (χ2n) is 6.64. The van der Waals surface area contributed by atoms with Crippen LogP contribution in [0.15, 0.2) is 24.3 Å². The van der Waals surface area contributed by atoms with Crippen molar-refractivity contribution in [2.75, 3.05) is 31.0 Å². The monoisotopic (exact) mass is 356 g/mol. The number of anilines is 3. The van der Waals surface area contributed by atoms with Crippen LogP contribution in [-0.4, -0.2) is 36.8 Å².